The Labute approximate surface area is 100.0 Å². The highest BCUT2D eigenvalue weighted by Gasteiger charge is 2.23. The minimum absolute atomic E-state index is 0.00787. The molecular weight excluding hydrogens is 220 g/mol. The second-order valence-electron chi connectivity index (χ2n) is 4.03. The van der Waals surface area contributed by atoms with Crippen molar-refractivity contribution in [3.63, 3.8) is 0 Å². The van der Waals surface area contributed by atoms with Gasteiger partial charge in [-0.25, -0.2) is 0 Å². The van der Waals surface area contributed by atoms with Crippen molar-refractivity contribution in [1.82, 2.24) is 0 Å². The fraction of sp³-hybridized carbons (Fsp3) is 0.417. The van der Waals surface area contributed by atoms with Crippen LogP contribution in [0.4, 0.5) is 5.69 Å². The Hall–Kier alpha value is -1.00. The van der Waals surface area contributed by atoms with Crippen molar-refractivity contribution in [2.75, 3.05) is 23.7 Å². The van der Waals surface area contributed by atoms with Crippen LogP contribution in [0.25, 0.3) is 0 Å². The molecule has 1 amide bonds. The summed E-state index contributed by atoms with van der Waals surface area (Å²) >= 11 is 1.81. The van der Waals surface area contributed by atoms with Gasteiger partial charge in [0.2, 0.25) is 5.91 Å². The number of aryl methyl sites for hydroxylation is 2. The molecule has 1 aliphatic heterocycles. The van der Waals surface area contributed by atoms with Crippen LogP contribution < -0.4 is 10.6 Å². The minimum Gasteiger partial charge on any atom is -0.322 e. The van der Waals surface area contributed by atoms with E-state index < -0.39 is 0 Å². The molecule has 0 bridgehead atoms. The van der Waals surface area contributed by atoms with Crippen LogP contribution in [0.15, 0.2) is 17.0 Å². The molecular formula is C12H16N2OS. The molecule has 0 spiro atoms. The van der Waals surface area contributed by atoms with Gasteiger partial charge in [0.25, 0.3) is 0 Å². The first-order valence-corrected chi connectivity index (χ1v) is 6.36. The maximum absolute atomic E-state index is 11.8. The van der Waals surface area contributed by atoms with Crippen LogP contribution in [0.5, 0.6) is 0 Å². The summed E-state index contributed by atoms with van der Waals surface area (Å²) in [6, 6.07) is 4.25. The zero-order chi connectivity index (χ0) is 11.7. The maximum atomic E-state index is 11.8. The molecule has 0 radical (unpaired) electrons. The monoisotopic (exact) mass is 236 g/mol. The Morgan fingerprint density at radius 3 is 2.94 bits per heavy atom. The molecule has 2 rings (SSSR count). The van der Waals surface area contributed by atoms with Gasteiger partial charge in [0, 0.05) is 17.2 Å². The second kappa shape index (κ2) is 4.47. The molecule has 0 fully saturated rings. The number of rotatable bonds is 1. The molecule has 16 heavy (non-hydrogen) atoms. The summed E-state index contributed by atoms with van der Waals surface area (Å²) < 4.78 is 0. The highest BCUT2D eigenvalue weighted by Crippen LogP contribution is 2.38. The van der Waals surface area contributed by atoms with Crippen molar-refractivity contribution in [1.29, 1.82) is 0 Å². The van der Waals surface area contributed by atoms with E-state index >= 15 is 0 Å². The Bertz CT molecular complexity index is 431. The van der Waals surface area contributed by atoms with Crippen molar-refractivity contribution < 1.29 is 4.79 Å². The van der Waals surface area contributed by atoms with Crippen LogP contribution in [-0.2, 0) is 4.79 Å². The highest BCUT2D eigenvalue weighted by molar-refractivity contribution is 7.99. The molecule has 86 valence electrons. The lowest BCUT2D eigenvalue weighted by atomic mass is 10.1. The number of carbonyl (C=O) groups excluding carboxylic acids is 1. The van der Waals surface area contributed by atoms with Gasteiger partial charge in [0.05, 0.1) is 12.2 Å². The maximum Gasteiger partial charge on any atom is 0.240 e. The van der Waals surface area contributed by atoms with Crippen molar-refractivity contribution in [3.8, 4) is 0 Å². The first-order chi connectivity index (χ1) is 7.63. The largest absolute Gasteiger partial charge is 0.322 e. The van der Waals surface area contributed by atoms with Crippen LogP contribution >= 0.6 is 11.8 Å². The molecule has 0 aromatic heterocycles. The number of nitrogens with zero attached hydrogens (tertiary/aromatic N) is 1. The molecule has 0 atom stereocenters. The van der Waals surface area contributed by atoms with Crippen molar-refractivity contribution in [3.05, 3.63) is 23.3 Å². The summed E-state index contributed by atoms with van der Waals surface area (Å²) in [5, 5.41) is 0. The summed E-state index contributed by atoms with van der Waals surface area (Å²) in [7, 11) is 0. The molecule has 1 aliphatic rings. The first-order valence-electron chi connectivity index (χ1n) is 5.38. The van der Waals surface area contributed by atoms with E-state index in [1.807, 2.05) is 16.7 Å². The average molecular weight is 236 g/mol. The summed E-state index contributed by atoms with van der Waals surface area (Å²) in [5.74, 6) is 0.954. The van der Waals surface area contributed by atoms with E-state index in [0.29, 0.717) is 0 Å². The van der Waals surface area contributed by atoms with E-state index in [1.54, 1.807) is 0 Å². The lowest BCUT2D eigenvalue weighted by Crippen LogP contribution is -2.40. The van der Waals surface area contributed by atoms with Gasteiger partial charge in [0.1, 0.15) is 0 Å². The normalized spacial score (nSPS) is 14.8. The van der Waals surface area contributed by atoms with Crippen LogP contribution in [0.2, 0.25) is 0 Å². The molecule has 1 heterocycles. The number of thioether (sulfide) groups is 1. The number of nitrogens with two attached hydrogens (primary N) is 1. The zero-order valence-electron chi connectivity index (χ0n) is 9.62. The summed E-state index contributed by atoms with van der Waals surface area (Å²) in [6.45, 7) is 4.97. The molecule has 1 aromatic carbocycles. The molecule has 2 N–H and O–H groups in total. The van der Waals surface area contributed by atoms with Gasteiger partial charge in [-0.3, -0.25) is 4.79 Å². The second-order valence-corrected chi connectivity index (χ2v) is 5.16. The Morgan fingerprint density at radius 1 is 1.50 bits per heavy atom. The van der Waals surface area contributed by atoms with Gasteiger partial charge in [-0.05, 0) is 31.0 Å². The third kappa shape index (κ3) is 1.95. The summed E-state index contributed by atoms with van der Waals surface area (Å²) in [5.41, 5.74) is 8.89. The Morgan fingerprint density at radius 2 is 2.25 bits per heavy atom. The number of fused-ring (bicyclic) bond motifs is 1. The van der Waals surface area contributed by atoms with E-state index in [0.717, 1.165) is 23.5 Å². The highest BCUT2D eigenvalue weighted by atomic mass is 32.2. The van der Waals surface area contributed by atoms with Gasteiger partial charge in [-0.15, -0.1) is 11.8 Å². The van der Waals surface area contributed by atoms with Gasteiger partial charge in [0.15, 0.2) is 0 Å². The van der Waals surface area contributed by atoms with E-state index in [1.165, 1.54) is 10.5 Å². The molecule has 3 nitrogen and oxygen atoms in total. The molecule has 0 saturated heterocycles. The number of amides is 1. The number of hydrogen-bond acceptors (Lipinski definition) is 3. The molecule has 0 unspecified atom stereocenters. The lowest BCUT2D eigenvalue weighted by Gasteiger charge is -2.30. The third-order valence-corrected chi connectivity index (χ3v) is 3.74. The molecule has 1 aromatic rings. The number of benzene rings is 1. The number of carbonyl (C=O) groups is 1. The predicted molar refractivity (Wildman–Crippen MR) is 68.0 cm³/mol. The smallest absolute Gasteiger partial charge is 0.240 e. The fourth-order valence-electron chi connectivity index (χ4n) is 2.10. The van der Waals surface area contributed by atoms with E-state index in [9.17, 15) is 4.79 Å². The Kier molecular flexibility index (Phi) is 3.21. The van der Waals surface area contributed by atoms with Gasteiger partial charge in [-0.1, -0.05) is 6.07 Å². The Balaban J connectivity index is 2.49. The van der Waals surface area contributed by atoms with E-state index in [-0.39, 0.29) is 12.5 Å². The van der Waals surface area contributed by atoms with Crippen LogP contribution in [0, 0.1) is 13.8 Å². The standard InChI is InChI=1S/C12H16N2OS/c1-8-5-9(2)12-10(6-8)16-4-3-14(12)11(15)7-13/h5-6H,3-4,7,13H2,1-2H3. The van der Waals surface area contributed by atoms with Crippen LogP contribution in [0.3, 0.4) is 0 Å². The van der Waals surface area contributed by atoms with Gasteiger partial charge >= 0.3 is 0 Å². The van der Waals surface area contributed by atoms with E-state index in [2.05, 4.69) is 26.0 Å². The molecule has 4 heteroatoms. The lowest BCUT2D eigenvalue weighted by molar-refractivity contribution is -0.117. The number of anilines is 1. The van der Waals surface area contributed by atoms with Crippen molar-refractivity contribution in [2.45, 2.75) is 18.7 Å². The summed E-state index contributed by atoms with van der Waals surface area (Å²) in [4.78, 5) is 14.8. The first kappa shape index (κ1) is 11.5. The predicted octanol–water partition coefficient (Wildman–Crippen LogP) is 1.70. The van der Waals surface area contributed by atoms with Crippen LogP contribution in [0.1, 0.15) is 11.1 Å². The van der Waals surface area contributed by atoms with E-state index in [4.69, 9.17) is 5.73 Å². The summed E-state index contributed by atoms with van der Waals surface area (Å²) in [6.07, 6.45) is 0. The fourth-order valence-corrected chi connectivity index (χ4v) is 3.27. The number of hydrogen-bond donors (Lipinski definition) is 1. The zero-order valence-corrected chi connectivity index (χ0v) is 10.4. The molecule has 0 saturated carbocycles. The minimum atomic E-state index is 0.00787. The van der Waals surface area contributed by atoms with Crippen molar-refractivity contribution in [2.24, 2.45) is 5.73 Å². The average Bonchev–Trinajstić information content (AvgIpc) is 2.26. The SMILES string of the molecule is Cc1cc(C)c2c(c1)SCCN2C(=O)CN. The van der Waals surface area contributed by atoms with Gasteiger partial charge in [-0.2, -0.15) is 0 Å². The topological polar surface area (TPSA) is 46.3 Å². The third-order valence-electron chi connectivity index (χ3n) is 2.73. The van der Waals surface area contributed by atoms with Crippen molar-refractivity contribution >= 4 is 23.4 Å². The van der Waals surface area contributed by atoms with Crippen LogP contribution in [-0.4, -0.2) is 24.7 Å². The quantitative estimate of drug-likeness (QED) is 0.807. The molecule has 0 aliphatic carbocycles. The van der Waals surface area contributed by atoms with Gasteiger partial charge < -0.3 is 10.6 Å².